The van der Waals surface area contributed by atoms with Crippen molar-refractivity contribution >= 4 is 5.91 Å². The van der Waals surface area contributed by atoms with E-state index in [4.69, 9.17) is 14.2 Å². The molecule has 0 unspecified atom stereocenters. The average Bonchev–Trinajstić information content (AvgIpc) is 3.09. The van der Waals surface area contributed by atoms with Gasteiger partial charge in [-0.15, -0.1) is 0 Å². The maximum absolute atomic E-state index is 12.9. The van der Waals surface area contributed by atoms with Crippen LogP contribution < -0.4 is 14.2 Å². The van der Waals surface area contributed by atoms with Crippen LogP contribution in [0.15, 0.2) is 36.4 Å². The van der Waals surface area contributed by atoms with Gasteiger partial charge in [-0.3, -0.25) is 4.79 Å². The summed E-state index contributed by atoms with van der Waals surface area (Å²) in [6, 6.07) is 11.1. The van der Waals surface area contributed by atoms with Gasteiger partial charge >= 0.3 is 0 Å². The first kappa shape index (κ1) is 15.7. The van der Waals surface area contributed by atoms with Gasteiger partial charge in [-0.2, -0.15) is 0 Å². The van der Waals surface area contributed by atoms with Crippen molar-refractivity contribution in [2.75, 3.05) is 26.3 Å². The number of hydrogen-bond acceptors (Lipinski definition) is 5. The minimum Gasteiger partial charge on any atom is -0.486 e. The van der Waals surface area contributed by atoms with E-state index in [1.54, 1.807) is 11.0 Å². The Balaban J connectivity index is 1.46. The summed E-state index contributed by atoms with van der Waals surface area (Å²) in [6.45, 7) is 4.09. The Morgan fingerprint density at radius 3 is 2.92 bits per heavy atom. The average molecular weight is 340 g/mol. The lowest BCUT2D eigenvalue weighted by Crippen LogP contribution is -2.32. The number of benzene rings is 1. The summed E-state index contributed by atoms with van der Waals surface area (Å²) in [5.41, 5.74) is 1.46. The summed E-state index contributed by atoms with van der Waals surface area (Å²) < 4.78 is 17.1. The van der Waals surface area contributed by atoms with Crippen molar-refractivity contribution < 1.29 is 19.0 Å². The van der Waals surface area contributed by atoms with E-state index < -0.39 is 0 Å². The molecule has 1 amide bonds. The van der Waals surface area contributed by atoms with Gasteiger partial charge in [0.2, 0.25) is 5.88 Å². The molecule has 1 aromatic carbocycles. The first-order valence-electron chi connectivity index (χ1n) is 8.49. The number of para-hydroxylation sites is 1. The first-order valence-corrected chi connectivity index (χ1v) is 8.49. The van der Waals surface area contributed by atoms with E-state index in [-0.39, 0.29) is 12.0 Å². The van der Waals surface area contributed by atoms with Crippen LogP contribution in [0.25, 0.3) is 0 Å². The molecule has 0 spiro atoms. The number of aromatic nitrogens is 1. The number of ether oxygens (including phenoxy) is 3. The second-order valence-electron chi connectivity index (χ2n) is 6.23. The summed E-state index contributed by atoms with van der Waals surface area (Å²) in [5, 5.41) is 0. The number of likely N-dealkylation sites (tertiary alicyclic amines) is 1. The summed E-state index contributed by atoms with van der Waals surface area (Å²) in [7, 11) is 0. The minimum atomic E-state index is -0.0503. The molecule has 2 aliphatic rings. The largest absolute Gasteiger partial charge is 0.486 e. The Bertz CT molecular complexity index is 793. The number of hydrogen-bond donors (Lipinski definition) is 0. The zero-order valence-electron chi connectivity index (χ0n) is 14.1. The van der Waals surface area contributed by atoms with Crippen molar-refractivity contribution in [3.05, 3.63) is 47.7 Å². The maximum atomic E-state index is 12.9. The normalized spacial score (nSPS) is 18.9. The highest BCUT2D eigenvalue weighted by Crippen LogP contribution is 2.34. The molecule has 2 aliphatic heterocycles. The van der Waals surface area contributed by atoms with E-state index in [9.17, 15) is 4.79 Å². The van der Waals surface area contributed by atoms with Gasteiger partial charge < -0.3 is 19.1 Å². The van der Waals surface area contributed by atoms with Gasteiger partial charge in [0.1, 0.15) is 19.3 Å². The SMILES string of the molecule is Cc1cccc(O[C@@H]2CCN(C(=O)c3cccc4c3OCCO4)C2)n1. The molecule has 1 aromatic heterocycles. The molecule has 1 fully saturated rings. The maximum Gasteiger partial charge on any atom is 0.257 e. The number of amides is 1. The van der Waals surface area contributed by atoms with Gasteiger partial charge in [0.15, 0.2) is 11.5 Å². The van der Waals surface area contributed by atoms with Crippen LogP contribution in [0.1, 0.15) is 22.5 Å². The highest BCUT2D eigenvalue weighted by molar-refractivity contribution is 5.98. The second kappa shape index (κ2) is 6.63. The molecule has 6 heteroatoms. The lowest BCUT2D eigenvalue weighted by atomic mass is 10.1. The summed E-state index contributed by atoms with van der Waals surface area (Å²) in [6.07, 6.45) is 0.739. The van der Waals surface area contributed by atoms with E-state index in [0.29, 0.717) is 49.2 Å². The van der Waals surface area contributed by atoms with E-state index in [0.717, 1.165) is 12.1 Å². The van der Waals surface area contributed by atoms with Crippen LogP contribution in [0, 0.1) is 6.92 Å². The molecular weight excluding hydrogens is 320 g/mol. The topological polar surface area (TPSA) is 60.9 Å². The molecule has 0 aliphatic carbocycles. The first-order chi connectivity index (χ1) is 12.2. The molecular formula is C19H20N2O4. The van der Waals surface area contributed by atoms with Gasteiger partial charge in [0.25, 0.3) is 5.91 Å². The molecule has 0 radical (unpaired) electrons. The lowest BCUT2D eigenvalue weighted by Gasteiger charge is -2.23. The predicted molar refractivity (Wildman–Crippen MR) is 91.3 cm³/mol. The van der Waals surface area contributed by atoms with Crippen LogP contribution in [0.3, 0.4) is 0 Å². The van der Waals surface area contributed by atoms with Gasteiger partial charge in [-0.1, -0.05) is 12.1 Å². The number of carbonyl (C=O) groups excluding carboxylic acids is 1. The van der Waals surface area contributed by atoms with Crippen LogP contribution in [0.5, 0.6) is 17.4 Å². The van der Waals surface area contributed by atoms with Crippen LogP contribution in [0.2, 0.25) is 0 Å². The highest BCUT2D eigenvalue weighted by atomic mass is 16.6. The van der Waals surface area contributed by atoms with Crippen LogP contribution in [-0.4, -0.2) is 48.2 Å². The summed E-state index contributed by atoms with van der Waals surface area (Å²) >= 11 is 0. The molecule has 4 rings (SSSR count). The Hall–Kier alpha value is -2.76. The Labute approximate surface area is 146 Å². The zero-order chi connectivity index (χ0) is 17.2. The quantitative estimate of drug-likeness (QED) is 0.859. The van der Waals surface area contributed by atoms with Crippen LogP contribution >= 0.6 is 0 Å². The Kier molecular flexibility index (Phi) is 4.17. The molecule has 3 heterocycles. The number of fused-ring (bicyclic) bond motifs is 1. The van der Waals surface area contributed by atoms with Gasteiger partial charge in [0, 0.05) is 24.7 Å². The van der Waals surface area contributed by atoms with E-state index in [1.165, 1.54) is 0 Å². The summed E-state index contributed by atoms with van der Waals surface area (Å²) in [5.74, 6) is 1.73. The Morgan fingerprint density at radius 1 is 1.20 bits per heavy atom. The molecule has 0 saturated carbocycles. The van der Waals surface area contributed by atoms with Crippen molar-refractivity contribution in [3.63, 3.8) is 0 Å². The van der Waals surface area contributed by atoms with Crippen molar-refractivity contribution in [1.29, 1.82) is 0 Å². The van der Waals surface area contributed by atoms with Crippen LogP contribution in [-0.2, 0) is 0 Å². The van der Waals surface area contributed by atoms with Crippen molar-refractivity contribution in [2.24, 2.45) is 0 Å². The lowest BCUT2D eigenvalue weighted by molar-refractivity contribution is 0.0760. The smallest absolute Gasteiger partial charge is 0.257 e. The second-order valence-corrected chi connectivity index (χ2v) is 6.23. The minimum absolute atomic E-state index is 0.0463. The number of pyridine rings is 1. The molecule has 25 heavy (non-hydrogen) atoms. The van der Waals surface area contributed by atoms with Crippen molar-refractivity contribution in [1.82, 2.24) is 9.88 Å². The standard InChI is InChI=1S/C19H20N2O4/c1-13-4-2-7-17(20-13)25-14-8-9-21(12-14)19(22)15-5-3-6-16-18(15)24-11-10-23-16/h2-7,14H,8-12H2,1H3/t14-/m1/s1. The molecule has 130 valence electrons. The van der Waals surface area contributed by atoms with E-state index >= 15 is 0 Å². The van der Waals surface area contributed by atoms with E-state index in [1.807, 2.05) is 37.3 Å². The fourth-order valence-electron chi connectivity index (χ4n) is 3.18. The highest BCUT2D eigenvalue weighted by Gasteiger charge is 2.31. The van der Waals surface area contributed by atoms with Gasteiger partial charge in [0.05, 0.1) is 12.1 Å². The zero-order valence-corrected chi connectivity index (χ0v) is 14.1. The number of rotatable bonds is 3. The van der Waals surface area contributed by atoms with Gasteiger partial charge in [-0.25, -0.2) is 4.98 Å². The molecule has 0 bridgehead atoms. The van der Waals surface area contributed by atoms with Gasteiger partial charge in [-0.05, 0) is 25.1 Å². The molecule has 0 N–H and O–H groups in total. The van der Waals surface area contributed by atoms with Crippen molar-refractivity contribution in [2.45, 2.75) is 19.4 Å². The molecule has 6 nitrogen and oxygen atoms in total. The fraction of sp³-hybridized carbons (Fsp3) is 0.368. The molecule has 1 atom stereocenters. The van der Waals surface area contributed by atoms with Crippen LogP contribution in [0.4, 0.5) is 0 Å². The third-order valence-electron chi connectivity index (χ3n) is 4.38. The summed E-state index contributed by atoms with van der Waals surface area (Å²) in [4.78, 5) is 19.1. The number of aryl methyl sites for hydroxylation is 1. The monoisotopic (exact) mass is 340 g/mol. The molecule has 2 aromatic rings. The number of nitrogens with zero attached hydrogens (tertiary/aromatic N) is 2. The molecule has 1 saturated heterocycles. The number of carbonyl (C=O) groups is 1. The predicted octanol–water partition coefficient (Wildman–Crippen LogP) is 2.45. The third-order valence-corrected chi connectivity index (χ3v) is 4.38. The van der Waals surface area contributed by atoms with E-state index in [2.05, 4.69) is 4.98 Å². The van der Waals surface area contributed by atoms with Crippen molar-refractivity contribution in [3.8, 4) is 17.4 Å². The third kappa shape index (κ3) is 3.24. The Morgan fingerprint density at radius 2 is 2.04 bits per heavy atom. The fourth-order valence-corrected chi connectivity index (χ4v) is 3.18.